The van der Waals surface area contributed by atoms with Gasteiger partial charge in [0.2, 0.25) is 0 Å². The number of ketones is 1. The van der Waals surface area contributed by atoms with Crippen molar-refractivity contribution in [1.82, 2.24) is 4.90 Å². The summed E-state index contributed by atoms with van der Waals surface area (Å²) in [7, 11) is 2.16. The van der Waals surface area contributed by atoms with Gasteiger partial charge in [0.1, 0.15) is 5.78 Å². The van der Waals surface area contributed by atoms with Crippen LogP contribution in [-0.2, 0) is 4.79 Å². The Labute approximate surface area is 93.0 Å². The molecule has 0 aromatic heterocycles. The highest BCUT2D eigenvalue weighted by Crippen LogP contribution is 2.38. The molecule has 2 saturated carbocycles. The molecule has 0 N–H and O–H groups in total. The lowest BCUT2D eigenvalue weighted by Crippen LogP contribution is -2.32. The van der Waals surface area contributed by atoms with E-state index in [1.807, 2.05) is 0 Å². The minimum atomic E-state index is -0.0505. The molecule has 0 spiro atoms. The van der Waals surface area contributed by atoms with Crippen molar-refractivity contribution in [3.8, 4) is 0 Å². The molecule has 0 saturated heterocycles. The maximum absolute atomic E-state index is 12.0. The maximum atomic E-state index is 12.0. The van der Waals surface area contributed by atoms with E-state index in [1.54, 1.807) is 0 Å². The van der Waals surface area contributed by atoms with Gasteiger partial charge in [-0.15, -0.1) is 0 Å². The summed E-state index contributed by atoms with van der Waals surface area (Å²) in [4.78, 5) is 14.4. The highest BCUT2D eigenvalue weighted by atomic mass is 16.1. The number of rotatable bonds is 4. The molecule has 0 radical (unpaired) electrons. The van der Waals surface area contributed by atoms with Gasteiger partial charge in [0.15, 0.2) is 0 Å². The normalized spacial score (nSPS) is 30.1. The average molecular weight is 209 g/mol. The molecule has 0 bridgehead atoms. The molecule has 86 valence electrons. The number of hydrogen-bond donors (Lipinski definition) is 0. The Balaban J connectivity index is 1.81. The lowest BCUT2D eigenvalue weighted by molar-refractivity contribution is -0.127. The van der Waals surface area contributed by atoms with Crippen LogP contribution < -0.4 is 0 Å². The lowest BCUT2D eigenvalue weighted by Gasteiger charge is -2.21. The summed E-state index contributed by atoms with van der Waals surface area (Å²) in [5.74, 6) is 1.73. The zero-order valence-electron chi connectivity index (χ0n) is 10.3. The Kier molecular flexibility index (Phi) is 2.89. The summed E-state index contributed by atoms with van der Waals surface area (Å²) >= 11 is 0. The first kappa shape index (κ1) is 11.1. The quantitative estimate of drug-likeness (QED) is 0.708. The molecule has 2 aliphatic carbocycles. The zero-order valence-corrected chi connectivity index (χ0v) is 10.3. The van der Waals surface area contributed by atoms with Crippen molar-refractivity contribution in [2.24, 2.45) is 17.3 Å². The molecule has 0 heterocycles. The molecule has 0 aromatic rings. The number of hydrogen-bond acceptors (Lipinski definition) is 2. The largest absolute Gasteiger partial charge is 0.305 e. The lowest BCUT2D eigenvalue weighted by atomic mass is 9.89. The fourth-order valence-corrected chi connectivity index (χ4v) is 2.71. The van der Waals surface area contributed by atoms with Crippen LogP contribution in [0.25, 0.3) is 0 Å². The van der Waals surface area contributed by atoms with Crippen LogP contribution in [0.4, 0.5) is 0 Å². The highest BCUT2D eigenvalue weighted by molar-refractivity contribution is 5.88. The third-order valence-corrected chi connectivity index (χ3v) is 3.95. The standard InChI is InChI=1S/C13H23NO/c1-13(2)7-6-11(12(13)15)9-14(3)8-10-4-5-10/h10-11H,4-9H2,1-3H3. The minimum Gasteiger partial charge on any atom is -0.305 e. The van der Waals surface area contributed by atoms with Gasteiger partial charge in [-0.05, 0) is 38.6 Å². The second-order valence-electron chi connectivity index (χ2n) is 6.15. The first-order chi connectivity index (χ1) is 6.99. The average Bonchev–Trinajstić information content (AvgIpc) is 2.90. The van der Waals surface area contributed by atoms with E-state index in [1.165, 1.54) is 19.4 Å². The summed E-state index contributed by atoms with van der Waals surface area (Å²) in [6.45, 7) is 6.37. The Hall–Kier alpha value is -0.370. The molecule has 1 unspecified atom stereocenters. The molecule has 2 rings (SSSR count). The predicted octanol–water partition coefficient (Wildman–Crippen LogP) is 2.33. The van der Waals surface area contributed by atoms with Gasteiger partial charge in [-0.1, -0.05) is 13.8 Å². The molecule has 2 fully saturated rings. The van der Waals surface area contributed by atoms with Crippen molar-refractivity contribution in [1.29, 1.82) is 0 Å². The summed E-state index contributed by atoms with van der Waals surface area (Å²) in [6, 6.07) is 0. The van der Waals surface area contributed by atoms with Crippen LogP contribution in [0.5, 0.6) is 0 Å². The maximum Gasteiger partial charge on any atom is 0.142 e. The van der Waals surface area contributed by atoms with Crippen molar-refractivity contribution in [2.75, 3.05) is 20.1 Å². The van der Waals surface area contributed by atoms with Crippen molar-refractivity contribution in [2.45, 2.75) is 39.5 Å². The Morgan fingerprint density at radius 3 is 2.40 bits per heavy atom. The van der Waals surface area contributed by atoms with Crippen LogP contribution in [0.1, 0.15) is 39.5 Å². The van der Waals surface area contributed by atoms with Gasteiger partial charge < -0.3 is 4.90 Å². The van der Waals surface area contributed by atoms with Gasteiger partial charge in [0.25, 0.3) is 0 Å². The molecule has 2 nitrogen and oxygen atoms in total. The molecule has 15 heavy (non-hydrogen) atoms. The number of carbonyl (C=O) groups excluding carboxylic acids is 1. The highest BCUT2D eigenvalue weighted by Gasteiger charge is 2.40. The first-order valence-electron chi connectivity index (χ1n) is 6.22. The summed E-state index contributed by atoms with van der Waals surface area (Å²) in [5.41, 5.74) is -0.0505. The number of carbonyl (C=O) groups is 1. The van der Waals surface area contributed by atoms with E-state index in [0.717, 1.165) is 25.3 Å². The van der Waals surface area contributed by atoms with Gasteiger partial charge in [-0.25, -0.2) is 0 Å². The SMILES string of the molecule is CN(CC1CC1)CC1CCC(C)(C)C1=O. The Morgan fingerprint density at radius 1 is 1.27 bits per heavy atom. The third-order valence-electron chi connectivity index (χ3n) is 3.95. The predicted molar refractivity (Wildman–Crippen MR) is 61.7 cm³/mol. The van der Waals surface area contributed by atoms with Crippen LogP contribution in [-0.4, -0.2) is 30.8 Å². The molecular formula is C13H23NO. The smallest absolute Gasteiger partial charge is 0.142 e. The molecule has 0 aliphatic heterocycles. The van der Waals surface area contributed by atoms with E-state index in [4.69, 9.17) is 0 Å². The first-order valence-corrected chi connectivity index (χ1v) is 6.22. The molecule has 2 aliphatic rings. The second-order valence-corrected chi connectivity index (χ2v) is 6.15. The Morgan fingerprint density at radius 2 is 1.93 bits per heavy atom. The third kappa shape index (κ3) is 2.60. The van der Waals surface area contributed by atoms with Crippen molar-refractivity contribution in [3.63, 3.8) is 0 Å². The van der Waals surface area contributed by atoms with Crippen LogP contribution >= 0.6 is 0 Å². The van der Waals surface area contributed by atoms with E-state index in [9.17, 15) is 4.79 Å². The van der Waals surface area contributed by atoms with E-state index in [0.29, 0.717) is 11.7 Å². The molecule has 1 atom stereocenters. The summed E-state index contributed by atoms with van der Waals surface area (Å²) < 4.78 is 0. The molecule has 0 aromatic carbocycles. The van der Waals surface area contributed by atoms with Gasteiger partial charge in [-0.3, -0.25) is 4.79 Å². The minimum absolute atomic E-state index is 0.0505. The number of Topliss-reactive ketones (excluding diaryl/α,β-unsaturated/α-hetero) is 1. The van der Waals surface area contributed by atoms with Crippen molar-refractivity contribution >= 4 is 5.78 Å². The van der Waals surface area contributed by atoms with Crippen LogP contribution in [0.3, 0.4) is 0 Å². The fourth-order valence-electron chi connectivity index (χ4n) is 2.71. The van der Waals surface area contributed by atoms with Gasteiger partial charge in [0, 0.05) is 24.4 Å². The zero-order chi connectivity index (χ0) is 11.1. The van der Waals surface area contributed by atoms with E-state index >= 15 is 0 Å². The van der Waals surface area contributed by atoms with Gasteiger partial charge in [-0.2, -0.15) is 0 Å². The topological polar surface area (TPSA) is 20.3 Å². The van der Waals surface area contributed by atoms with E-state index in [2.05, 4.69) is 25.8 Å². The van der Waals surface area contributed by atoms with Gasteiger partial charge >= 0.3 is 0 Å². The Bertz CT molecular complexity index is 255. The molecule has 2 heteroatoms. The number of nitrogens with zero attached hydrogens (tertiary/aromatic N) is 1. The van der Waals surface area contributed by atoms with Crippen LogP contribution in [0.15, 0.2) is 0 Å². The fraction of sp³-hybridized carbons (Fsp3) is 0.923. The summed E-state index contributed by atoms with van der Waals surface area (Å²) in [5, 5.41) is 0. The van der Waals surface area contributed by atoms with E-state index in [-0.39, 0.29) is 5.41 Å². The second kappa shape index (κ2) is 3.89. The molecular weight excluding hydrogens is 186 g/mol. The van der Waals surface area contributed by atoms with Crippen LogP contribution in [0, 0.1) is 17.3 Å². The van der Waals surface area contributed by atoms with Gasteiger partial charge in [0.05, 0.1) is 0 Å². The van der Waals surface area contributed by atoms with E-state index < -0.39 is 0 Å². The molecule has 0 amide bonds. The van der Waals surface area contributed by atoms with Crippen molar-refractivity contribution in [3.05, 3.63) is 0 Å². The summed E-state index contributed by atoms with van der Waals surface area (Å²) in [6.07, 6.45) is 4.97. The monoisotopic (exact) mass is 209 g/mol. The van der Waals surface area contributed by atoms with Crippen LogP contribution in [0.2, 0.25) is 0 Å². The van der Waals surface area contributed by atoms with Crippen molar-refractivity contribution < 1.29 is 4.79 Å².